The Kier molecular flexibility index (Phi) is 4.43. The van der Waals surface area contributed by atoms with E-state index in [1.165, 1.54) is 18.4 Å². The normalized spacial score (nSPS) is 10.9. The quantitative estimate of drug-likeness (QED) is 0.459. The Morgan fingerprint density at radius 3 is 2.85 bits per heavy atom. The van der Waals surface area contributed by atoms with Crippen molar-refractivity contribution in [3.8, 4) is 0 Å². The average Bonchev–Trinajstić information content (AvgIpc) is 3.32. The van der Waals surface area contributed by atoms with Gasteiger partial charge in [-0.25, -0.2) is 9.78 Å². The fraction of sp³-hybridized carbons (Fsp3) is 0.111. The minimum Gasteiger partial charge on any atom is -0.465 e. The molecule has 9 heteroatoms. The number of thiazole rings is 1. The van der Waals surface area contributed by atoms with E-state index >= 15 is 0 Å². The van der Waals surface area contributed by atoms with Crippen molar-refractivity contribution in [2.24, 2.45) is 0 Å². The van der Waals surface area contributed by atoms with Crippen LogP contribution in [0.15, 0.2) is 42.6 Å². The number of carbonyl (C=O) groups is 2. The number of para-hydroxylation sites is 1. The van der Waals surface area contributed by atoms with E-state index in [0.29, 0.717) is 21.7 Å². The molecule has 8 nitrogen and oxygen atoms in total. The van der Waals surface area contributed by atoms with Crippen LogP contribution in [0.2, 0.25) is 0 Å². The number of nitrogens with one attached hydrogen (secondary N) is 3. The summed E-state index contributed by atoms with van der Waals surface area (Å²) in [7, 11) is 1.32. The van der Waals surface area contributed by atoms with Crippen LogP contribution in [0.1, 0.15) is 10.4 Å². The van der Waals surface area contributed by atoms with Crippen molar-refractivity contribution in [1.29, 1.82) is 0 Å². The van der Waals surface area contributed by atoms with Crippen LogP contribution >= 0.6 is 11.3 Å². The lowest BCUT2D eigenvalue weighted by Gasteiger charge is -2.05. The van der Waals surface area contributed by atoms with E-state index in [9.17, 15) is 9.59 Å². The highest BCUT2D eigenvalue weighted by molar-refractivity contribution is 7.23. The zero-order valence-corrected chi connectivity index (χ0v) is 15.1. The summed E-state index contributed by atoms with van der Waals surface area (Å²) in [5.41, 5.74) is 2.36. The van der Waals surface area contributed by atoms with Crippen molar-refractivity contribution in [2.75, 3.05) is 24.3 Å². The van der Waals surface area contributed by atoms with Crippen LogP contribution < -0.4 is 10.6 Å². The highest BCUT2D eigenvalue weighted by Crippen LogP contribution is 2.34. The number of ether oxygens (including phenoxy) is 1. The Labute approximate surface area is 157 Å². The first-order chi connectivity index (χ1) is 13.2. The predicted molar refractivity (Wildman–Crippen MR) is 104 cm³/mol. The highest BCUT2D eigenvalue weighted by Gasteiger charge is 2.19. The lowest BCUT2D eigenvalue weighted by molar-refractivity contribution is -0.114. The molecule has 0 fully saturated rings. The van der Waals surface area contributed by atoms with Crippen molar-refractivity contribution < 1.29 is 14.3 Å². The minimum atomic E-state index is -0.495. The fourth-order valence-electron chi connectivity index (χ4n) is 2.71. The first-order valence-corrected chi connectivity index (χ1v) is 8.91. The van der Waals surface area contributed by atoms with E-state index in [2.05, 4.69) is 25.8 Å². The molecule has 4 rings (SSSR count). The molecule has 0 aliphatic heterocycles. The summed E-state index contributed by atoms with van der Waals surface area (Å²) in [6, 6.07) is 11.1. The molecular formula is C18H15N5O3S. The molecule has 0 aliphatic rings. The average molecular weight is 381 g/mol. The number of hydrogen-bond donors (Lipinski definition) is 3. The number of aromatic amines is 1. The lowest BCUT2D eigenvalue weighted by Crippen LogP contribution is -2.21. The monoisotopic (exact) mass is 381 g/mol. The molecule has 2 heterocycles. The highest BCUT2D eigenvalue weighted by atomic mass is 32.1. The number of nitrogens with zero attached hydrogens (tertiary/aromatic N) is 2. The molecule has 0 atom stereocenters. The van der Waals surface area contributed by atoms with E-state index in [-0.39, 0.29) is 12.5 Å². The number of fused-ring (bicyclic) bond motifs is 3. The number of esters is 1. The van der Waals surface area contributed by atoms with Crippen molar-refractivity contribution in [2.45, 2.75) is 0 Å². The summed E-state index contributed by atoms with van der Waals surface area (Å²) in [6.45, 7) is 0.102. The van der Waals surface area contributed by atoms with E-state index < -0.39 is 5.97 Å². The maximum absolute atomic E-state index is 12.2. The van der Waals surface area contributed by atoms with Gasteiger partial charge < -0.3 is 15.4 Å². The fourth-order valence-corrected chi connectivity index (χ4v) is 3.73. The smallest absolute Gasteiger partial charge is 0.340 e. The first kappa shape index (κ1) is 17.0. The van der Waals surface area contributed by atoms with Gasteiger partial charge in [0.2, 0.25) is 5.91 Å². The van der Waals surface area contributed by atoms with Gasteiger partial charge in [0, 0.05) is 11.1 Å². The van der Waals surface area contributed by atoms with Gasteiger partial charge in [0.15, 0.2) is 5.13 Å². The molecule has 0 unspecified atom stereocenters. The van der Waals surface area contributed by atoms with Gasteiger partial charge >= 0.3 is 5.97 Å². The number of carbonyl (C=O) groups excluding carboxylic acids is 2. The van der Waals surface area contributed by atoms with Gasteiger partial charge in [0.05, 0.1) is 41.1 Å². The van der Waals surface area contributed by atoms with Crippen LogP contribution in [0.25, 0.3) is 21.1 Å². The Morgan fingerprint density at radius 2 is 2.07 bits per heavy atom. The molecule has 0 spiro atoms. The lowest BCUT2D eigenvalue weighted by atomic mass is 10.1. The van der Waals surface area contributed by atoms with Crippen molar-refractivity contribution in [3.05, 3.63) is 48.2 Å². The van der Waals surface area contributed by atoms with Gasteiger partial charge in [0.1, 0.15) is 0 Å². The SMILES string of the molecule is COC(=O)c1cc2[nH]ncc2c2sc(NC(=O)CNc3ccccc3)nc12. The Morgan fingerprint density at radius 1 is 1.26 bits per heavy atom. The molecule has 0 saturated heterocycles. The molecule has 0 bridgehead atoms. The molecule has 2 aromatic carbocycles. The van der Waals surface area contributed by atoms with E-state index in [4.69, 9.17) is 4.74 Å². The molecule has 0 radical (unpaired) electrons. The van der Waals surface area contributed by atoms with Gasteiger partial charge in [-0.3, -0.25) is 9.89 Å². The summed E-state index contributed by atoms with van der Waals surface area (Å²) >= 11 is 1.28. The third kappa shape index (κ3) is 3.32. The van der Waals surface area contributed by atoms with Gasteiger partial charge in [-0.05, 0) is 18.2 Å². The van der Waals surface area contributed by atoms with Gasteiger partial charge in [-0.15, -0.1) is 0 Å². The van der Waals surface area contributed by atoms with Gasteiger partial charge in [-0.2, -0.15) is 5.10 Å². The Balaban J connectivity index is 1.61. The van der Waals surface area contributed by atoms with Crippen LogP contribution in [-0.2, 0) is 9.53 Å². The van der Waals surface area contributed by atoms with Crippen LogP contribution in [0.5, 0.6) is 0 Å². The molecule has 4 aromatic rings. The largest absolute Gasteiger partial charge is 0.465 e. The molecule has 0 saturated carbocycles. The summed E-state index contributed by atoms with van der Waals surface area (Å²) in [4.78, 5) is 28.8. The van der Waals surface area contributed by atoms with Gasteiger partial charge in [0.25, 0.3) is 0 Å². The first-order valence-electron chi connectivity index (χ1n) is 8.09. The second-order valence-corrected chi connectivity index (χ2v) is 6.71. The summed E-state index contributed by atoms with van der Waals surface area (Å²) in [5.74, 6) is -0.730. The molecule has 1 amide bonds. The topological polar surface area (TPSA) is 109 Å². The standard InChI is InChI=1S/C18H15N5O3S/c1-26-17(25)11-7-13-12(8-20-23-13)16-15(11)22-18(27-16)21-14(24)9-19-10-5-3-2-4-6-10/h2-8,19H,9H2,1H3,(H,20,23)(H,21,22,24). The molecule has 27 heavy (non-hydrogen) atoms. The predicted octanol–water partition coefficient (Wildman–Crippen LogP) is 3.01. The number of amides is 1. The van der Waals surface area contributed by atoms with Gasteiger partial charge in [-0.1, -0.05) is 29.5 Å². The maximum Gasteiger partial charge on any atom is 0.340 e. The number of aromatic nitrogens is 3. The number of rotatable bonds is 5. The van der Waals surface area contributed by atoms with Crippen LogP contribution in [0.4, 0.5) is 10.8 Å². The van der Waals surface area contributed by atoms with E-state index in [1.807, 2.05) is 30.3 Å². The number of H-pyrrole nitrogens is 1. The van der Waals surface area contributed by atoms with E-state index in [1.54, 1.807) is 12.3 Å². The van der Waals surface area contributed by atoms with Crippen molar-refractivity contribution in [1.82, 2.24) is 15.2 Å². The zero-order valence-electron chi connectivity index (χ0n) is 14.3. The minimum absolute atomic E-state index is 0.102. The van der Waals surface area contributed by atoms with E-state index in [0.717, 1.165) is 15.8 Å². The molecule has 0 aliphatic carbocycles. The van der Waals surface area contributed by atoms with Crippen molar-refractivity contribution >= 4 is 55.2 Å². The zero-order chi connectivity index (χ0) is 18.8. The Bertz CT molecular complexity index is 1140. The third-order valence-electron chi connectivity index (χ3n) is 3.96. The Hall–Kier alpha value is -3.46. The maximum atomic E-state index is 12.2. The summed E-state index contributed by atoms with van der Waals surface area (Å²) in [5, 5.41) is 13.9. The molecule has 2 aromatic heterocycles. The molecule has 136 valence electrons. The van der Waals surface area contributed by atoms with Crippen LogP contribution in [-0.4, -0.2) is 40.7 Å². The second-order valence-electron chi connectivity index (χ2n) is 5.71. The number of anilines is 2. The number of methoxy groups -OCH3 is 1. The molecule has 3 N–H and O–H groups in total. The van der Waals surface area contributed by atoms with Crippen LogP contribution in [0.3, 0.4) is 0 Å². The summed E-state index contributed by atoms with van der Waals surface area (Å²) in [6.07, 6.45) is 1.67. The van der Waals surface area contributed by atoms with Crippen LogP contribution in [0, 0.1) is 0 Å². The number of benzene rings is 2. The van der Waals surface area contributed by atoms with Crippen molar-refractivity contribution in [3.63, 3.8) is 0 Å². The molecular weight excluding hydrogens is 366 g/mol. The number of hydrogen-bond acceptors (Lipinski definition) is 7. The summed E-state index contributed by atoms with van der Waals surface area (Å²) < 4.78 is 5.60. The third-order valence-corrected chi connectivity index (χ3v) is 4.97. The second kappa shape index (κ2) is 7.04.